The molecule has 2 heteroatoms. The Balaban J connectivity index is 1.46. The van der Waals surface area contributed by atoms with Crippen LogP contribution in [-0.4, -0.2) is 23.4 Å². The lowest BCUT2D eigenvalue weighted by Gasteiger charge is -2.39. The van der Waals surface area contributed by atoms with Crippen molar-refractivity contribution in [2.24, 2.45) is 23.7 Å². The summed E-state index contributed by atoms with van der Waals surface area (Å²) in [5, 5.41) is 0. The Kier molecular flexibility index (Phi) is 3.66. The molecule has 2 aliphatic carbocycles. The smallest absolute Gasteiger partial charge is 0.0926 e. The minimum atomic E-state index is 0.227. The average molecular weight is 306 g/mol. The van der Waals surface area contributed by atoms with Gasteiger partial charge in [0.05, 0.1) is 23.4 Å². The van der Waals surface area contributed by atoms with Crippen LogP contribution in [-0.2, 0) is 9.47 Å². The Hall–Kier alpha value is -0.0800. The van der Waals surface area contributed by atoms with Crippen molar-refractivity contribution in [1.29, 1.82) is 0 Å². The van der Waals surface area contributed by atoms with Crippen molar-refractivity contribution in [3.8, 4) is 0 Å². The molecule has 8 atom stereocenters. The first-order valence-electron chi connectivity index (χ1n) is 9.84. The normalized spacial score (nSPS) is 56.2. The predicted molar refractivity (Wildman–Crippen MR) is 88.8 cm³/mol. The van der Waals surface area contributed by atoms with E-state index in [9.17, 15) is 0 Å². The fourth-order valence-electron chi connectivity index (χ4n) is 6.26. The van der Waals surface area contributed by atoms with Crippen LogP contribution >= 0.6 is 0 Å². The zero-order chi connectivity index (χ0) is 15.5. The highest BCUT2D eigenvalue weighted by molar-refractivity contribution is 5.12. The van der Waals surface area contributed by atoms with Crippen LogP contribution in [0.3, 0.4) is 0 Å². The minimum Gasteiger partial charge on any atom is -0.366 e. The zero-order valence-electron chi connectivity index (χ0n) is 14.9. The Morgan fingerprint density at radius 3 is 1.55 bits per heavy atom. The standard InChI is InChI=1S/C20H34O2/c1-5-7-13-9-15(11-19(3)17(13)21-19)16-10-14(8-6-2)18-20(4,12-16)22-18/h13-18H,5-12H2,1-4H3. The predicted octanol–water partition coefficient (Wildman–Crippen LogP) is 4.95. The summed E-state index contributed by atoms with van der Waals surface area (Å²) in [6.07, 6.45) is 11.9. The Morgan fingerprint density at radius 1 is 0.773 bits per heavy atom. The summed E-state index contributed by atoms with van der Waals surface area (Å²) in [6.45, 7) is 9.39. The topological polar surface area (TPSA) is 25.1 Å². The molecule has 4 aliphatic rings. The largest absolute Gasteiger partial charge is 0.366 e. The zero-order valence-corrected chi connectivity index (χ0v) is 14.9. The first kappa shape index (κ1) is 15.4. The van der Waals surface area contributed by atoms with Crippen LogP contribution < -0.4 is 0 Å². The lowest BCUT2D eigenvalue weighted by molar-refractivity contribution is 0.123. The molecular weight excluding hydrogens is 272 g/mol. The molecule has 2 heterocycles. The highest BCUT2D eigenvalue weighted by Gasteiger charge is 2.64. The molecule has 2 nitrogen and oxygen atoms in total. The summed E-state index contributed by atoms with van der Waals surface area (Å²) in [7, 11) is 0. The second-order valence-electron chi connectivity index (χ2n) is 9.20. The maximum atomic E-state index is 6.16. The lowest BCUT2D eigenvalue weighted by Crippen LogP contribution is -2.38. The fourth-order valence-corrected chi connectivity index (χ4v) is 6.26. The molecule has 2 saturated heterocycles. The molecule has 8 unspecified atom stereocenters. The van der Waals surface area contributed by atoms with Gasteiger partial charge in [-0.05, 0) is 76.0 Å². The lowest BCUT2D eigenvalue weighted by atomic mass is 9.63. The van der Waals surface area contributed by atoms with E-state index in [0.29, 0.717) is 12.2 Å². The van der Waals surface area contributed by atoms with E-state index in [2.05, 4.69) is 27.7 Å². The minimum absolute atomic E-state index is 0.227. The highest BCUT2D eigenvalue weighted by Crippen LogP contribution is 2.60. The van der Waals surface area contributed by atoms with Crippen molar-refractivity contribution in [2.75, 3.05) is 0 Å². The van der Waals surface area contributed by atoms with Crippen LogP contribution in [0.15, 0.2) is 0 Å². The van der Waals surface area contributed by atoms with E-state index in [0.717, 1.165) is 23.7 Å². The maximum absolute atomic E-state index is 6.16. The molecule has 2 saturated carbocycles. The average Bonchev–Trinajstić information content (AvgIpc) is 3.33. The monoisotopic (exact) mass is 306 g/mol. The number of hydrogen-bond acceptors (Lipinski definition) is 2. The molecule has 0 spiro atoms. The molecule has 0 aromatic carbocycles. The van der Waals surface area contributed by atoms with Gasteiger partial charge in [0.15, 0.2) is 0 Å². The summed E-state index contributed by atoms with van der Waals surface area (Å²) in [4.78, 5) is 0. The Bertz CT molecular complexity index is 395. The van der Waals surface area contributed by atoms with Crippen LogP contribution in [0.1, 0.15) is 79.1 Å². The van der Waals surface area contributed by atoms with Gasteiger partial charge in [0.25, 0.3) is 0 Å². The molecule has 0 aromatic heterocycles. The van der Waals surface area contributed by atoms with Crippen molar-refractivity contribution in [3.05, 3.63) is 0 Å². The second kappa shape index (κ2) is 5.21. The quantitative estimate of drug-likeness (QED) is 0.671. The van der Waals surface area contributed by atoms with Crippen LogP contribution in [0.25, 0.3) is 0 Å². The third-order valence-corrected chi connectivity index (χ3v) is 7.27. The summed E-state index contributed by atoms with van der Waals surface area (Å²) in [6, 6.07) is 0. The molecule has 0 N–H and O–H groups in total. The van der Waals surface area contributed by atoms with Gasteiger partial charge in [-0.2, -0.15) is 0 Å². The fraction of sp³-hybridized carbons (Fsp3) is 1.00. The van der Waals surface area contributed by atoms with Gasteiger partial charge in [-0.25, -0.2) is 0 Å². The van der Waals surface area contributed by atoms with Gasteiger partial charge in [-0.1, -0.05) is 26.7 Å². The third-order valence-electron chi connectivity index (χ3n) is 7.27. The van der Waals surface area contributed by atoms with Crippen molar-refractivity contribution >= 4 is 0 Å². The van der Waals surface area contributed by atoms with Crippen LogP contribution in [0, 0.1) is 23.7 Å². The van der Waals surface area contributed by atoms with Crippen molar-refractivity contribution in [1.82, 2.24) is 0 Å². The van der Waals surface area contributed by atoms with Crippen LogP contribution in [0.2, 0.25) is 0 Å². The molecule has 2 aliphatic heterocycles. The number of hydrogen-bond donors (Lipinski definition) is 0. The van der Waals surface area contributed by atoms with Crippen LogP contribution in [0.4, 0.5) is 0 Å². The van der Waals surface area contributed by atoms with Crippen molar-refractivity contribution in [2.45, 2.75) is 102 Å². The molecular formula is C20H34O2. The summed E-state index contributed by atoms with van der Waals surface area (Å²) in [5.41, 5.74) is 0.455. The van der Waals surface area contributed by atoms with Gasteiger partial charge in [-0.3, -0.25) is 0 Å². The molecule has 22 heavy (non-hydrogen) atoms. The van der Waals surface area contributed by atoms with E-state index < -0.39 is 0 Å². The van der Waals surface area contributed by atoms with Gasteiger partial charge in [-0.15, -0.1) is 0 Å². The molecule has 0 bridgehead atoms. The van der Waals surface area contributed by atoms with E-state index >= 15 is 0 Å². The molecule has 0 radical (unpaired) electrons. The van der Waals surface area contributed by atoms with E-state index in [4.69, 9.17) is 9.47 Å². The summed E-state index contributed by atoms with van der Waals surface area (Å²) in [5.74, 6) is 3.40. The molecule has 126 valence electrons. The van der Waals surface area contributed by atoms with E-state index in [1.54, 1.807) is 0 Å². The highest BCUT2D eigenvalue weighted by atomic mass is 16.6. The molecule has 0 aromatic rings. The molecule has 4 rings (SSSR count). The second-order valence-corrected chi connectivity index (χ2v) is 9.20. The van der Waals surface area contributed by atoms with Crippen molar-refractivity contribution in [3.63, 3.8) is 0 Å². The van der Waals surface area contributed by atoms with Gasteiger partial charge in [0, 0.05) is 0 Å². The van der Waals surface area contributed by atoms with Gasteiger partial charge in [0.1, 0.15) is 0 Å². The van der Waals surface area contributed by atoms with Gasteiger partial charge >= 0.3 is 0 Å². The molecule has 0 amide bonds. The third kappa shape index (κ3) is 2.45. The van der Waals surface area contributed by atoms with Crippen LogP contribution in [0.5, 0.6) is 0 Å². The first-order chi connectivity index (χ1) is 10.5. The van der Waals surface area contributed by atoms with Crippen molar-refractivity contribution < 1.29 is 9.47 Å². The van der Waals surface area contributed by atoms with E-state index in [1.807, 2.05) is 0 Å². The number of ether oxygens (including phenoxy) is 2. The van der Waals surface area contributed by atoms with E-state index in [1.165, 1.54) is 51.4 Å². The number of rotatable bonds is 5. The maximum Gasteiger partial charge on any atom is 0.0926 e. The van der Waals surface area contributed by atoms with E-state index in [-0.39, 0.29) is 11.2 Å². The Morgan fingerprint density at radius 2 is 1.18 bits per heavy atom. The number of fused-ring (bicyclic) bond motifs is 2. The summed E-state index contributed by atoms with van der Waals surface area (Å²) < 4.78 is 12.3. The summed E-state index contributed by atoms with van der Waals surface area (Å²) >= 11 is 0. The number of epoxide rings is 2. The van der Waals surface area contributed by atoms with Gasteiger partial charge in [0.2, 0.25) is 0 Å². The first-order valence-corrected chi connectivity index (χ1v) is 9.84. The SMILES string of the molecule is CCCC1CC(C2CC(CCC)C3OC3(C)C2)CC2(C)OC12. The Labute approximate surface area is 136 Å². The molecule has 4 fully saturated rings. The van der Waals surface area contributed by atoms with Gasteiger partial charge < -0.3 is 9.47 Å².